The van der Waals surface area contributed by atoms with Gasteiger partial charge in [-0.3, -0.25) is 0 Å². The molecule has 0 aliphatic rings. The summed E-state index contributed by atoms with van der Waals surface area (Å²) in [6.07, 6.45) is 3.52. The molecular formula is C12H12N2O2. The number of carboxylic acids is 1. The number of benzene rings is 1. The fraction of sp³-hybridized carbons (Fsp3) is 0.167. The number of hydrogen-bond donors (Lipinski definition) is 1. The number of carboxylic acid groups (broad SMARTS) is 1. The molecule has 0 atom stereocenters. The lowest BCUT2D eigenvalue weighted by molar-refractivity contribution is 0.0697. The first kappa shape index (κ1) is 10.4. The van der Waals surface area contributed by atoms with Crippen LogP contribution in [-0.2, 0) is 6.54 Å². The van der Waals surface area contributed by atoms with Crippen LogP contribution in [-0.4, -0.2) is 20.6 Å². The average Bonchev–Trinajstić information content (AvgIpc) is 2.76. The van der Waals surface area contributed by atoms with Crippen LogP contribution in [0.2, 0.25) is 0 Å². The molecule has 4 heteroatoms. The molecule has 2 aromatic rings. The molecule has 1 heterocycles. The summed E-state index contributed by atoms with van der Waals surface area (Å²) in [6.45, 7) is 2.76. The third-order valence-corrected chi connectivity index (χ3v) is 2.45. The molecule has 16 heavy (non-hydrogen) atoms. The largest absolute Gasteiger partial charge is 0.478 e. The van der Waals surface area contributed by atoms with E-state index in [0.29, 0.717) is 11.4 Å². The molecule has 1 N–H and O–H groups in total. The van der Waals surface area contributed by atoms with Crippen molar-refractivity contribution in [2.24, 2.45) is 0 Å². The molecule has 2 rings (SSSR count). The Balaban J connectivity index is 2.60. The Labute approximate surface area is 93.2 Å². The van der Waals surface area contributed by atoms with Gasteiger partial charge in [0.15, 0.2) is 0 Å². The monoisotopic (exact) mass is 216 g/mol. The Morgan fingerprint density at radius 1 is 1.44 bits per heavy atom. The molecule has 0 spiro atoms. The smallest absolute Gasteiger partial charge is 0.336 e. The second-order valence-corrected chi connectivity index (χ2v) is 3.39. The van der Waals surface area contributed by atoms with Gasteiger partial charge < -0.3 is 9.67 Å². The minimum absolute atomic E-state index is 0.281. The summed E-state index contributed by atoms with van der Waals surface area (Å²) in [5, 5.41) is 9.09. The first-order valence-electron chi connectivity index (χ1n) is 5.08. The number of imidazole rings is 1. The average molecular weight is 216 g/mol. The van der Waals surface area contributed by atoms with Crippen molar-refractivity contribution in [3.63, 3.8) is 0 Å². The Hall–Kier alpha value is -2.10. The Morgan fingerprint density at radius 3 is 2.88 bits per heavy atom. The zero-order valence-corrected chi connectivity index (χ0v) is 8.92. The first-order valence-corrected chi connectivity index (χ1v) is 5.08. The van der Waals surface area contributed by atoms with Gasteiger partial charge >= 0.3 is 5.97 Å². The van der Waals surface area contributed by atoms with Crippen LogP contribution < -0.4 is 0 Å². The summed E-state index contributed by atoms with van der Waals surface area (Å²) < 4.78 is 1.92. The number of nitrogens with zero attached hydrogens (tertiary/aromatic N) is 2. The predicted molar refractivity (Wildman–Crippen MR) is 60.3 cm³/mol. The summed E-state index contributed by atoms with van der Waals surface area (Å²) in [6, 6.07) is 6.90. The van der Waals surface area contributed by atoms with Gasteiger partial charge in [-0.15, -0.1) is 0 Å². The lowest BCUT2D eigenvalue weighted by Gasteiger charge is -2.07. The Morgan fingerprint density at radius 2 is 2.19 bits per heavy atom. The fourth-order valence-electron chi connectivity index (χ4n) is 1.67. The van der Waals surface area contributed by atoms with E-state index in [1.165, 1.54) is 0 Å². The van der Waals surface area contributed by atoms with Gasteiger partial charge in [0.25, 0.3) is 0 Å². The van der Waals surface area contributed by atoms with E-state index in [4.69, 9.17) is 5.11 Å². The van der Waals surface area contributed by atoms with Crippen molar-refractivity contribution >= 4 is 5.97 Å². The maximum atomic E-state index is 11.1. The zero-order valence-electron chi connectivity index (χ0n) is 8.92. The van der Waals surface area contributed by atoms with Crippen LogP contribution in [0, 0.1) is 0 Å². The van der Waals surface area contributed by atoms with Gasteiger partial charge in [0.05, 0.1) is 5.56 Å². The molecule has 0 bridgehead atoms. The van der Waals surface area contributed by atoms with E-state index in [-0.39, 0.29) is 5.56 Å². The highest BCUT2D eigenvalue weighted by molar-refractivity contribution is 5.94. The molecule has 4 nitrogen and oxygen atoms in total. The van der Waals surface area contributed by atoms with Gasteiger partial charge in [0.1, 0.15) is 5.82 Å². The van der Waals surface area contributed by atoms with E-state index >= 15 is 0 Å². The summed E-state index contributed by atoms with van der Waals surface area (Å²) in [7, 11) is 0. The molecule has 0 saturated heterocycles. The van der Waals surface area contributed by atoms with Gasteiger partial charge in [0.2, 0.25) is 0 Å². The van der Waals surface area contributed by atoms with Gasteiger partial charge in [-0.1, -0.05) is 18.2 Å². The first-order chi connectivity index (χ1) is 7.74. The van der Waals surface area contributed by atoms with Gasteiger partial charge in [-0.2, -0.15) is 0 Å². The third-order valence-electron chi connectivity index (χ3n) is 2.45. The number of aromatic carboxylic acids is 1. The van der Waals surface area contributed by atoms with Crippen molar-refractivity contribution in [3.05, 3.63) is 42.2 Å². The summed E-state index contributed by atoms with van der Waals surface area (Å²) in [4.78, 5) is 15.3. The van der Waals surface area contributed by atoms with Crippen LogP contribution >= 0.6 is 0 Å². The number of carbonyl (C=O) groups is 1. The second kappa shape index (κ2) is 4.18. The van der Waals surface area contributed by atoms with E-state index in [1.807, 2.05) is 23.8 Å². The van der Waals surface area contributed by atoms with Crippen LogP contribution in [0.3, 0.4) is 0 Å². The standard InChI is InChI=1S/C12H12N2O2/c1-2-14-8-7-13-11(14)9-5-3-4-6-10(9)12(15)16/h3-8H,2H2,1H3,(H,15,16). The lowest BCUT2D eigenvalue weighted by atomic mass is 10.1. The number of aryl methyl sites for hydroxylation is 1. The van der Waals surface area contributed by atoms with Crippen LogP contribution in [0.15, 0.2) is 36.7 Å². The highest BCUT2D eigenvalue weighted by Crippen LogP contribution is 2.21. The second-order valence-electron chi connectivity index (χ2n) is 3.39. The van der Waals surface area contributed by atoms with Gasteiger partial charge in [-0.05, 0) is 13.0 Å². The number of aromatic nitrogens is 2. The highest BCUT2D eigenvalue weighted by atomic mass is 16.4. The van der Waals surface area contributed by atoms with Crippen molar-refractivity contribution in [1.82, 2.24) is 9.55 Å². The van der Waals surface area contributed by atoms with Crippen LogP contribution in [0.5, 0.6) is 0 Å². The highest BCUT2D eigenvalue weighted by Gasteiger charge is 2.13. The summed E-state index contributed by atoms with van der Waals surface area (Å²) >= 11 is 0. The van der Waals surface area contributed by atoms with Crippen LogP contribution in [0.1, 0.15) is 17.3 Å². The molecule has 82 valence electrons. The van der Waals surface area contributed by atoms with E-state index in [9.17, 15) is 4.79 Å². The SMILES string of the molecule is CCn1ccnc1-c1ccccc1C(=O)O. The number of rotatable bonds is 3. The van der Waals surface area contributed by atoms with Crippen molar-refractivity contribution in [2.45, 2.75) is 13.5 Å². The van der Waals surface area contributed by atoms with Crippen molar-refractivity contribution in [2.75, 3.05) is 0 Å². The molecular weight excluding hydrogens is 204 g/mol. The van der Waals surface area contributed by atoms with Crippen molar-refractivity contribution in [3.8, 4) is 11.4 Å². The Bertz CT molecular complexity index is 517. The zero-order chi connectivity index (χ0) is 11.5. The lowest BCUT2D eigenvalue weighted by Crippen LogP contribution is -2.03. The minimum atomic E-state index is -0.929. The molecule has 1 aromatic carbocycles. The molecule has 0 amide bonds. The fourth-order valence-corrected chi connectivity index (χ4v) is 1.67. The van der Waals surface area contributed by atoms with E-state index in [0.717, 1.165) is 6.54 Å². The molecule has 0 fully saturated rings. The number of hydrogen-bond acceptors (Lipinski definition) is 2. The molecule has 0 aliphatic heterocycles. The predicted octanol–water partition coefficient (Wildman–Crippen LogP) is 2.27. The Kier molecular flexibility index (Phi) is 2.72. The van der Waals surface area contributed by atoms with Crippen molar-refractivity contribution < 1.29 is 9.90 Å². The molecule has 0 aliphatic carbocycles. The van der Waals surface area contributed by atoms with Crippen LogP contribution in [0.25, 0.3) is 11.4 Å². The van der Waals surface area contributed by atoms with E-state index in [2.05, 4.69) is 4.98 Å². The maximum absolute atomic E-state index is 11.1. The normalized spacial score (nSPS) is 10.3. The summed E-state index contributed by atoms with van der Waals surface area (Å²) in [5.74, 6) is -0.234. The van der Waals surface area contributed by atoms with Gasteiger partial charge in [0, 0.05) is 24.5 Å². The van der Waals surface area contributed by atoms with E-state index in [1.54, 1.807) is 24.4 Å². The van der Waals surface area contributed by atoms with Gasteiger partial charge in [-0.25, -0.2) is 9.78 Å². The molecule has 0 unspecified atom stereocenters. The maximum Gasteiger partial charge on any atom is 0.336 e. The summed E-state index contributed by atoms with van der Waals surface area (Å²) in [5.41, 5.74) is 0.935. The van der Waals surface area contributed by atoms with Crippen LogP contribution in [0.4, 0.5) is 0 Å². The van der Waals surface area contributed by atoms with Crippen molar-refractivity contribution in [1.29, 1.82) is 0 Å². The quantitative estimate of drug-likeness (QED) is 0.856. The minimum Gasteiger partial charge on any atom is -0.478 e. The van der Waals surface area contributed by atoms with E-state index < -0.39 is 5.97 Å². The molecule has 0 saturated carbocycles. The topological polar surface area (TPSA) is 55.1 Å². The molecule has 0 radical (unpaired) electrons. The molecule has 1 aromatic heterocycles. The third kappa shape index (κ3) is 1.69.